The smallest absolute Gasteiger partial charge is 0.397 e. The fourth-order valence-electron chi connectivity index (χ4n) is 3.11. The fraction of sp³-hybridized carbons (Fsp3) is 0.867. The van der Waals surface area contributed by atoms with Crippen LogP contribution in [0.3, 0.4) is 0 Å². The Balaban J connectivity index is -0.000000971. The Kier molecular flexibility index (Phi) is 22.9. The highest BCUT2D eigenvalue weighted by atomic mass is 20.0. The molecule has 0 rings (SSSR count). The second kappa shape index (κ2) is 22.5. The predicted molar refractivity (Wildman–Crippen MR) is 157 cm³/mol. The van der Waals surface area contributed by atoms with E-state index >= 15 is 0 Å². The molecule has 0 aliphatic carbocycles. The number of carbonyl (C=O) groups excluding carboxylic acids is 3. The molecule has 3 unspecified atom stereocenters. The lowest BCUT2D eigenvalue weighted by molar-refractivity contribution is -0.405. The van der Waals surface area contributed by atoms with Crippen LogP contribution >= 0.6 is 0 Å². The van der Waals surface area contributed by atoms with E-state index in [0.717, 1.165) is 0 Å². The molecule has 0 aromatic heterocycles. The fourth-order valence-corrected chi connectivity index (χ4v) is 3.11. The van der Waals surface area contributed by atoms with Crippen LogP contribution in [0.5, 0.6) is 0 Å². The van der Waals surface area contributed by atoms with Crippen LogP contribution in [0, 0.1) is 22.7 Å². The number of carboxylic acid groups (broad SMARTS) is 1. The van der Waals surface area contributed by atoms with Gasteiger partial charge in [0.1, 0.15) is 31.8 Å². The summed E-state index contributed by atoms with van der Waals surface area (Å²) in [6.45, 7) is 7.91. The Morgan fingerprint density at radius 3 is 1.44 bits per heavy atom. The number of carboxylic acids is 1. The van der Waals surface area contributed by atoms with Gasteiger partial charge in [-0.15, -0.1) is 0 Å². The monoisotopic (exact) mass is 848 g/mol. The lowest BCUT2D eigenvalue weighted by Crippen LogP contribution is -2.67. The standard InChI is InChI=1S/C15H17F13O2.C15H26O8.F2/c1-4-10(2,3)9(29)30-6-5-7(13(22,23)24)11(18,19)14(25,26)15(27,28)12(20,21)8(16)17;1-5-15(3,4)14(20)23-8-11(16)7-22-12(17)9-21-6-10(2)13(18)19;1-2/h7-8H,4-6H2,1-3H3;10-11,16H,5-9H2,1-4H3,(H,18,19);. The first-order valence-electron chi connectivity index (χ1n) is 15.6. The van der Waals surface area contributed by atoms with Crippen molar-refractivity contribution in [3.8, 4) is 0 Å². The van der Waals surface area contributed by atoms with Gasteiger partial charge in [0.2, 0.25) is 0 Å². The van der Waals surface area contributed by atoms with Gasteiger partial charge in [0.05, 0.1) is 30.0 Å². The van der Waals surface area contributed by atoms with E-state index in [2.05, 4.69) is 4.74 Å². The summed E-state index contributed by atoms with van der Waals surface area (Å²) in [6, 6.07) is 0. The van der Waals surface area contributed by atoms with Crippen molar-refractivity contribution in [1.29, 1.82) is 0 Å². The van der Waals surface area contributed by atoms with Crippen LogP contribution < -0.4 is 0 Å². The molecule has 3 atom stereocenters. The lowest BCUT2D eigenvalue weighted by atomic mass is 9.87. The van der Waals surface area contributed by atoms with E-state index in [0.29, 0.717) is 6.42 Å². The van der Waals surface area contributed by atoms with Gasteiger partial charge in [-0.2, -0.15) is 48.3 Å². The van der Waals surface area contributed by atoms with Gasteiger partial charge in [-0.05, 0) is 53.9 Å². The summed E-state index contributed by atoms with van der Waals surface area (Å²) in [5.74, 6) is -38.0. The van der Waals surface area contributed by atoms with Crippen molar-refractivity contribution < 1.29 is 115 Å². The van der Waals surface area contributed by atoms with Crippen LogP contribution in [-0.2, 0) is 38.1 Å². The number of ether oxygens (including phenoxy) is 4. The first-order chi connectivity index (χ1) is 24.6. The maximum atomic E-state index is 13.8. The number of esters is 3. The molecule has 25 heteroatoms. The van der Waals surface area contributed by atoms with Crippen LogP contribution in [0.2, 0.25) is 0 Å². The average Bonchev–Trinajstić information content (AvgIpc) is 3.07. The Morgan fingerprint density at radius 1 is 0.655 bits per heavy atom. The maximum absolute atomic E-state index is 13.8. The third-order valence-corrected chi connectivity index (χ3v) is 7.70. The summed E-state index contributed by atoms with van der Waals surface area (Å²) in [5, 5.41) is 18.2. The van der Waals surface area contributed by atoms with Crippen molar-refractivity contribution in [3.05, 3.63) is 0 Å². The molecule has 0 radical (unpaired) electrons. The summed E-state index contributed by atoms with van der Waals surface area (Å²) in [5.41, 5.74) is -1.96. The molecule has 0 aromatic carbocycles. The maximum Gasteiger partial charge on any atom is 0.397 e. The molecule has 0 saturated carbocycles. The highest BCUT2D eigenvalue weighted by Crippen LogP contribution is 2.58. The average molecular weight is 849 g/mol. The predicted octanol–water partition coefficient (Wildman–Crippen LogP) is 7.79. The van der Waals surface area contributed by atoms with Crippen LogP contribution in [0.4, 0.5) is 66.2 Å². The van der Waals surface area contributed by atoms with Crippen molar-refractivity contribution in [2.45, 2.75) is 110 Å². The van der Waals surface area contributed by atoms with Gasteiger partial charge in [-0.1, -0.05) is 13.8 Å². The molecule has 0 amide bonds. The number of aliphatic hydroxyl groups excluding tert-OH is 1. The summed E-state index contributed by atoms with van der Waals surface area (Å²) in [7, 11) is 0. The first-order valence-corrected chi connectivity index (χ1v) is 15.6. The van der Waals surface area contributed by atoms with Crippen molar-refractivity contribution in [3.63, 3.8) is 0 Å². The number of carbonyl (C=O) groups is 4. The first kappa shape index (κ1) is 56.1. The van der Waals surface area contributed by atoms with Gasteiger partial charge in [0, 0.05) is 9.15 Å². The summed E-state index contributed by atoms with van der Waals surface area (Å²) in [4.78, 5) is 45.2. The molecule has 2 N–H and O–H groups in total. The molecule has 0 saturated heterocycles. The highest BCUT2D eigenvalue weighted by Gasteiger charge is 2.85. The van der Waals surface area contributed by atoms with E-state index < -0.39 is 109 Å². The molecule has 0 heterocycles. The van der Waals surface area contributed by atoms with Gasteiger partial charge in [0.25, 0.3) is 0 Å². The third kappa shape index (κ3) is 16.4. The Hall–Kier alpha value is -3.25. The number of aliphatic hydroxyl groups is 1. The van der Waals surface area contributed by atoms with Gasteiger partial charge >= 0.3 is 60.2 Å². The van der Waals surface area contributed by atoms with Crippen molar-refractivity contribution in [2.24, 2.45) is 22.7 Å². The zero-order valence-electron chi connectivity index (χ0n) is 30.3. The Bertz CT molecular complexity index is 1200. The second-order valence-corrected chi connectivity index (χ2v) is 12.9. The SMILES string of the molecule is CCC(C)(C)C(=O)OCC(O)COC(=O)COCC(C)C(=O)O.CCC(C)(C)C(=O)OCCC(C(F)(F)F)C(F)(F)C(F)(F)C(F)(F)C(F)(F)C(F)F.FF. The van der Waals surface area contributed by atoms with Gasteiger partial charge in [-0.25, -0.2) is 13.6 Å². The van der Waals surface area contributed by atoms with Gasteiger partial charge in [-0.3, -0.25) is 14.4 Å². The quantitative estimate of drug-likeness (QED) is 0.0667. The van der Waals surface area contributed by atoms with Gasteiger partial charge < -0.3 is 29.2 Å². The van der Waals surface area contributed by atoms with E-state index in [1.807, 2.05) is 6.92 Å². The highest BCUT2D eigenvalue weighted by molar-refractivity contribution is 5.76. The van der Waals surface area contributed by atoms with E-state index in [4.69, 9.17) is 28.5 Å². The van der Waals surface area contributed by atoms with E-state index in [1.165, 1.54) is 27.7 Å². The molecule has 0 spiro atoms. The molecule has 328 valence electrons. The number of halogens is 15. The van der Waals surface area contributed by atoms with Crippen LogP contribution in [0.15, 0.2) is 0 Å². The molecular formula is C30H43F15O10. The number of hydrogen-bond acceptors (Lipinski definition) is 9. The third-order valence-electron chi connectivity index (χ3n) is 7.70. The van der Waals surface area contributed by atoms with E-state index in [9.17, 15) is 81.4 Å². The minimum Gasteiger partial charge on any atom is -0.481 e. The van der Waals surface area contributed by atoms with Crippen molar-refractivity contribution >= 4 is 23.9 Å². The summed E-state index contributed by atoms with van der Waals surface area (Å²) < 4.78 is 204. The van der Waals surface area contributed by atoms with Crippen LogP contribution in [0.25, 0.3) is 0 Å². The van der Waals surface area contributed by atoms with Crippen LogP contribution in [-0.4, -0.2) is 110 Å². The normalized spacial score (nSPS) is 14.7. The molecule has 0 aliphatic heterocycles. The molecule has 0 aliphatic rings. The van der Waals surface area contributed by atoms with Gasteiger partial charge in [0.15, 0.2) is 0 Å². The molecule has 0 fully saturated rings. The zero-order chi connectivity index (χ0) is 44.6. The van der Waals surface area contributed by atoms with Crippen LogP contribution in [0.1, 0.15) is 67.7 Å². The Morgan fingerprint density at radius 2 is 1.05 bits per heavy atom. The second-order valence-electron chi connectivity index (χ2n) is 12.9. The minimum absolute atomic E-state index is 0.0533. The molecular weight excluding hydrogens is 805 g/mol. The van der Waals surface area contributed by atoms with Crippen molar-refractivity contribution in [2.75, 3.05) is 33.0 Å². The lowest BCUT2D eigenvalue weighted by Gasteiger charge is -2.40. The van der Waals surface area contributed by atoms with E-state index in [-0.39, 0.29) is 26.2 Å². The molecule has 0 aromatic rings. The summed E-state index contributed by atoms with van der Waals surface area (Å²) in [6.07, 6.45) is -14.7. The molecule has 10 nitrogen and oxygen atoms in total. The number of rotatable bonds is 21. The molecule has 0 bridgehead atoms. The van der Waals surface area contributed by atoms with Crippen molar-refractivity contribution in [1.82, 2.24) is 0 Å². The van der Waals surface area contributed by atoms with E-state index in [1.54, 1.807) is 13.8 Å². The number of aliphatic carboxylic acids is 1. The topological polar surface area (TPSA) is 146 Å². The number of alkyl halides is 13. The minimum atomic E-state index is -7.55. The zero-order valence-corrected chi connectivity index (χ0v) is 30.3. The Labute approximate surface area is 304 Å². The summed E-state index contributed by atoms with van der Waals surface area (Å²) >= 11 is 0. The number of hydrogen-bond donors (Lipinski definition) is 2. The molecule has 55 heavy (non-hydrogen) atoms. The largest absolute Gasteiger partial charge is 0.481 e.